The van der Waals surface area contributed by atoms with E-state index in [1.165, 1.54) is 0 Å². The molecule has 4 rings (SSSR count). The zero-order valence-electron chi connectivity index (χ0n) is 19.8. The predicted molar refractivity (Wildman–Crippen MR) is 123 cm³/mol. The summed E-state index contributed by atoms with van der Waals surface area (Å²) in [6.45, 7) is 0.896. The maximum Gasteiger partial charge on any atom is 0.419 e. The molecule has 3 unspecified atom stereocenters. The highest BCUT2D eigenvalue weighted by Gasteiger charge is 2.50. The zero-order valence-corrected chi connectivity index (χ0v) is 19.8. The number of anilines is 1. The third-order valence-corrected chi connectivity index (χ3v) is 7.37. The van der Waals surface area contributed by atoms with E-state index in [0.29, 0.717) is 30.4 Å². The number of likely N-dealkylation sites (tertiary alicyclic amines) is 1. The van der Waals surface area contributed by atoms with Gasteiger partial charge in [-0.2, -0.15) is 13.2 Å². The first-order valence-electron chi connectivity index (χ1n) is 11.4. The van der Waals surface area contributed by atoms with Gasteiger partial charge < -0.3 is 25.0 Å². The SMILES string of the molecule is COc1ccc(C23CCC(NC(=O)Nc4cccc(C(F)(F)F)c4F)CC2N(C)CC3)cc1OC. The van der Waals surface area contributed by atoms with Gasteiger partial charge in [0.15, 0.2) is 17.3 Å². The Morgan fingerprint density at radius 3 is 2.54 bits per heavy atom. The predicted octanol–water partition coefficient (Wildman–Crippen LogP) is 5.18. The van der Waals surface area contributed by atoms with E-state index in [4.69, 9.17) is 9.47 Å². The van der Waals surface area contributed by atoms with Crippen LogP contribution in [0.4, 0.5) is 28.0 Å². The molecule has 3 atom stereocenters. The number of halogens is 4. The number of alkyl halides is 3. The molecule has 0 bridgehead atoms. The van der Waals surface area contributed by atoms with Gasteiger partial charge in [0.25, 0.3) is 0 Å². The van der Waals surface area contributed by atoms with Gasteiger partial charge in [-0.1, -0.05) is 12.1 Å². The minimum Gasteiger partial charge on any atom is -0.493 e. The van der Waals surface area contributed by atoms with Crippen LogP contribution in [0.1, 0.15) is 36.8 Å². The van der Waals surface area contributed by atoms with Gasteiger partial charge in [0.2, 0.25) is 0 Å². The molecule has 35 heavy (non-hydrogen) atoms. The molecule has 2 aromatic rings. The van der Waals surface area contributed by atoms with Crippen LogP contribution in [-0.2, 0) is 11.6 Å². The lowest BCUT2D eigenvalue weighted by atomic mass is 9.65. The Bertz CT molecular complexity index is 1090. The van der Waals surface area contributed by atoms with Gasteiger partial charge in [0.1, 0.15) is 0 Å². The number of ether oxygens (including phenoxy) is 2. The number of fused-ring (bicyclic) bond motifs is 1. The Labute approximate surface area is 201 Å². The van der Waals surface area contributed by atoms with E-state index >= 15 is 0 Å². The molecule has 190 valence electrons. The van der Waals surface area contributed by atoms with Crippen LogP contribution < -0.4 is 20.1 Å². The first kappa shape index (κ1) is 25.1. The smallest absolute Gasteiger partial charge is 0.419 e. The van der Waals surface area contributed by atoms with Crippen LogP contribution >= 0.6 is 0 Å². The van der Waals surface area contributed by atoms with E-state index in [2.05, 4.69) is 21.6 Å². The lowest BCUT2D eigenvalue weighted by molar-refractivity contribution is -0.139. The van der Waals surface area contributed by atoms with Crippen molar-refractivity contribution in [2.24, 2.45) is 0 Å². The minimum absolute atomic E-state index is 0.115. The van der Waals surface area contributed by atoms with Crippen LogP contribution in [0.3, 0.4) is 0 Å². The lowest BCUT2D eigenvalue weighted by Gasteiger charge is -2.45. The Balaban J connectivity index is 1.48. The third kappa shape index (κ3) is 4.76. The molecule has 10 heteroatoms. The molecule has 1 aliphatic heterocycles. The Kier molecular flexibility index (Phi) is 6.86. The fraction of sp³-hybridized carbons (Fsp3) is 0.480. The number of amides is 2. The van der Waals surface area contributed by atoms with Crippen LogP contribution in [0.2, 0.25) is 0 Å². The molecule has 1 saturated carbocycles. The second-order valence-corrected chi connectivity index (χ2v) is 9.21. The second kappa shape index (κ2) is 9.56. The second-order valence-electron chi connectivity index (χ2n) is 9.21. The van der Waals surface area contributed by atoms with Crippen molar-refractivity contribution in [3.05, 3.63) is 53.3 Å². The van der Waals surface area contributed by atoms with E-state index in [1.54, 1.807) is 14.2 Å². The molecule has 6 nitrogen and oxygen atoms in total. The van der Waals surface area contributed by atoms with Gasteiger partial charge in [-0.3, -0.25) is 0 Å². The molecular weight excluding hydrogens is 466 g/mol. The van der Waals surface area contributed by atoms with E-state index in [1.807, 2.05) is 19.2 Å². The molecule has 1 aliphatic carbocycles. The van der Waals surface area contributed by atoms with E-state index in [9.17, 15) is 22.4 Å². The number of methoxy groups -OCH3 is 2. The lowest BCUT2D eigenvalue weighted by Crippen LogP contribution is -2.52. The van der Waals surface area contributed by atoms with E-state index in [0.717, 1.165) is 37.1 Å². The highest BCUT2D eigenvalue weighted by atomic mass is 19.4. The van der Waals surface area contributed by atoms with Crippen LogP contribution in [-0.4, -0.2) is 50.8 Å². The average molecular weight is 496 g/mol. The molecule has 2 N–H and O–H groups in total. The van der Waals surface area contributed by atoms with Crippen molar-refractivity contribution in [2.45, 2.75) is 49.4 Å². The van der Waals surface area contributed by atoms with Crippen molar-refractivity contribution < 1.29 is 31.8 Å². The molecular formula is C25H29F4N3O3. The molecule has 1 saturated heterocycles. The van der Waals surface area contributed by atoms with Crippen molar-refractivity contribution in [3.8, 4) is 11.5 Å². The summed E-state index contributed by atoms with van der Waals surface area (Å²) in [6.07, 6.45) is -1.75. The van der Waals surface area contributed by atoms with E-state index in [-0.39, 0.29) is 17.5 Å². The molecule has 0 spiro atoms. The van der Waals surface area contributed by atoms with Gasteiger partial charge in [0, 0.05) is 17.5 Å². The minimum atomic E-state index is -4.85. The molecule has 0 aromatic heterocycles. The van der Waals surface area contributed by atoms with Gasteiger partial charge in [-0.25, -0.2) is 9.18 Å². The van der Waals surface area contributed by atoms with Crippen molar-refractivity contribution in [2.75, 3.05) is 33.1 Å². The van der Waals surface area contributed by atoms with Crippen LogP contribution in [0.25, 0.3) is 0 Å². The Morgan fingerprint density at radius 1 is 1.11 bits per heavy atom. The molecule has 0 radical (unpaired) electrons. The first-order chi connectivity index (χ1) is 16.6. The number of rotatable bonds is 5. The molecule has 1 heterocycles. The quantitative estimate of drug-likeness (QED) is 0.562. The summed E-state index contributed by atoms with van der Waals surface area (Å²) in [5, 5.41) is 5.07. The molecule has 2 amide bonds. The van der Waals surface area contributed by atoms with Crippen molar-refractivity contribution in [1.29, 1.82) is 0 Å². The summed E-state index contributed by atoms with van der Waals surface area (Å²) < 4.78 is 64.1. The summed E-state index contributed by atoms with van der Waals surface area (Å²) >= 11 is 0. The van der Waals surface area contributed by atoms with Gasteiger partial charge in [0.05, 0.1) is 25.5 Å². The number of nitrogens with one attached hydrogen (secondary N) is 2. The van der Waals surface area contributed by atoms with Crippen molar-refractivity contribution >= 4 is 11.7 Å². The molecule has 2 aliphatic rings. The van der Waals surface area contributed by atoms with E-state index < -0.39 is 29.3 Å². The number of hydrogen-bond donors (Lipinski definition) is 2. The van der Waals surface area contributed by atoms with Crippen LogP contribution in [0, 0.1) is 5.82 Å². The van der Waals surface area contributed by atoms with Crippen LogP contribution in [0.15, 0.2) is 36.4 Å². The monoisotopic (exact) mass is 495 g/mol. The van der Waals surface area contributed by atoms with Crippen LogP contribution in [0.5, 0.6) is 11.5 Å². The summed E-state index contributed by atoms with van der Waals surface area (Å²) in [4.78, 5) is 14.8. The third-order valence-electron chi connectivity index (χ3n) is 7.37. The number of nitrogens with zero attached hydrogens (tertiary/aromatic N) is 1. The standard InChI is InChI=1S/C25H29F4N3O3/c1-32-12-11-24(15-7-8-19(34-2)20(13-15)35-3)10-9-16(14-21(24)32)30-23(33)31-18-6-4-5-17(22(18)26)25(27,28)29/h4-8,13,16,21H,9-12,14H2,1-3H3,(H2,30,31,33). The van der Waals surface area contributed by atoms with Crippen molar-refractivity contribution in [1.82, 2.24) is 10.2 Å². The van der Waals surface area contributed by atoms with Gasteiger partial charge in [-0.05, 0) is 69.1 Å². The zero-order chi connectivity index (χ0) is 25.4. The Hall–Kier alpha value is -3.01. The number of carbonyl (C=O) groups excluding carboxylic acids is 1. The molecule has 2 fully saturated rings. The number of benzene rings is 2. The molecule has 2 aromatic carbocycles. The fourth-order valence-electron chi connectivity index (χ4n) is 5.59. The normalized spacial score (nSPS) is 24.5. The van der Waals surface area contributed by atoms with Gasteiger partial charge >= 0.3 is 12.2 Å². The maximum atomic E-state index is 14.3. The number of hydrogen-bond acceptors (Lipinski definition) is 4. The number of likely N-dealkylation sites (N-methyl/N-ethyl adjacent to an activating group) is 1. The summed E-state index contributed by atoms with van der Waals surface area (Å²) in [5.74, 6) is -0.179. The maximum absolute atomic E-state index is 14.3. The number of carbonyl (C=O) groups is 1. The summed E-state index contributed by atoms with van der Waals surface area (Å²) in [7, 11) is 5.24. The summed E-state index contributed by atoms with van der Waals surface area (Å²) in [5.41, 5.74) is -0.889. The van der Waals surface area contributed by atoms with Gasteiger partial charge in [-0.15, -0.1) is 0 Å². The highest BCUT2D eigenvalue weighted by Crippen LogP contribution is 2.50. The summed E-state index contributed by atoms with van der Waals surface area (Å²) in [6, 6.07) is 8.00. The average Bonchev–Trinajstić information content (AvgIpc) is 3.16. The Morgan fingerprint density at radius 2 is 1.86 bits per heavy atom. The fourth-order valence-corrected chi connectivity index (χ4v) is 5.59. The largest absolute Gasteiger partial charge is 0.493 e. The highest BCUT2D eigenvalue weighted by molar-refractivity contribution is 5.89. The topological polar surface area (TPSA) is 62.8 Å². The number of urea groups is 1. The first-order valence-corrected chi connectivity index (χ1v) is 11.4. The van der Waals surface area contributed by atoms with Crippen molar-refractivity contribution in [3.63, 3.8) is 0 Å².